The van der Waals surface area contributed by atoms with Gasteiger partial charge >= 0.3 is 0 Å². The van der Waals surface area contributed by atoms with Crippen molar-refractivity contribution in [2.24, 2.45) is 0 Å². The third-order valence-electron chi connectivity index (χ3n) is 3.53. The van der Waals surface area contributed by atoms with Crippen LogP contribution in [0.15, 0.2) is 24.3 Å². The molecule has 0 aromatic heterocycles. The van der Waals surface area contributed by atoms with Crippen LogP contribution in [0.5, 0.6) is 0 Å². The molecule has 100 valence electrons. The molecule has 0 spiro atoms. The number of hydrogen-bond acceptors (Lipinski definition) is 3. The van der Waals surface area contributed by atoms with E-state index in [9.17, 15) is 9.50 Å². The molecule has 1 atom stereocenters. The summed E-state index contributed by atoms with van der Waals surface area (Å²) >= 11 is 0. The highest BCUT2D eigenvalue weighted by Gasteiger charge is 2.37. The fourth-order valence-corrected chi connectivity index (χ4v) is 2.77. The number of halogens is 1. The number of para-hydroxylation sites is 1. The third-order valence-corrected chi connectivity index (χ3v) is 3.53. The van der Waals surface area contributed by atoms with E-state index in [-0.39, 0.29) is 24.0 Å². The van der Waals surface area contributed by atoms with Crippen LogP contribution in [0, 0.1) is 5.82 Å². The van der Waals surface area contributed by atoms with E-state index in [0.29, 0.717) is 12.1 Å². The Morgan fingerprint density at radius 3 is 2.83 bits per heavy atom. The van der Waals surface area contributed by atoms with Gasteiger partial charge in [0.25, 0.3) is 0 Å². The van der Waals surface area contributed by atoms with Gasteiger partial charge in [-0.05, 0) is 32.4 Å². The maximum Gasteiger partial charge on any atom is 0.146 e. The average Bonchev–Trinajstić information content (AvgIpc) is 2.30. The summed E-state index contributed by atoms with van der Waals surface area (Å²) in [6, 6.07) is 6.98. The first-order chi connectivity index (χ1) is 8.56. The molecule has 3 nitrogen and oxygen atoms in total. The zero-order valence-corrected chi connectivity index (χ0v) is 11.0. The molecular formula is C14H21FN2O. The maximum atomic E-state index is 14.0. The topological polar surface area (TPSA) is 35.5 Å². The van der Waals surface area contributed by atoms with Gasteiger partial charge in [-0.3, -0.25) is 0 Å². The number of nitrogens with one attached hydrogen (secondary N) is 1. The highest BCUT2D eigenvalue weighted by atomic mass is 19.1. The van der Waals surface area contributed by atoms with Crippen molar-refractivity contribution < 1.29 is 9.50 Å². The third kappa shape index (κ3) is 2.49. The van der Waals surface area contributed by atoms with E-state index in [1.165, 1.54) is 6.07 Å². The molecule has 1 aromatic rings. The average molecular weight is 252 g/mol. The number of benzene rings is 1. The van der Waals surface area contributed by atoms with E-state index in [2.05, 4.69) is 24.1 Å². The van der Waals surface area contributed by atoms with Crippen molar-refractivity contribution in [3.05, 3.63) is 30.1 Å². The van der Waals surface area contributed by atoms with E-state index in [1.54, 1.807) is 6.07 Å². The molecule has 2 N–H and O–H groups in total. The van der Waals surface area contributed by atoms with E-state index >= 15 is 0 Å². The van der Waals surface area contributed by atoms with Crippen molar-refractivity contribution in [1.82, 2.24) is 5.32 Å². The summed E-state index contributed by atoms with van der Waals surface area (Å²) in [5, 5.41) is 12.5. The van der Waals surface area contributed by atoms with Crippen LogP contribution in [0.4, 0.5) is 10.1 Å². The number of hydrogen-bond donors (Lipinski definition) is 2. The summed E-state index contributed by atoms with van der Waals surface area (Å²) in [7, 11) is 0. The zero-order valence-electron chi connectivity index (χ0n) is 11.0. The van der Waals surface area contributed by atoms with E-state index in [0.717, 1.165) is 13.1 Å². The molecule has 1 fully saturated rings. The molecule has 1 aliphatic rings. The van der Waals surface area contributed by atoms with Gasteiger partial charge in [-0.1, -0.05) is 12.1 Å². The Hall–Kier alpha value is -1.13. The molecule has 0 saturated carbocycles. The molecule has 0 aliphatic carbocycles. The molecule has 2 rings (SSSR count). The lowest BCUT2D eigenvalue weighted by molar-refractivity contribution is 0.240. The molecule has 0 bridgehead atoms. The van der Waals surface area contributed by atoms with Gasteiger partial charge in [0.1, 0.15) is 5.82 Å². The van der Waals surface area contributed by atoms with Crippen LogP contribution in [0.2, 0.25) is 0 Å². The molecule has 1 unspecified atom stereocenters. The second-order valence-corrected chi connectivity index (χ2v) is 5.43. The van der Waals surface area contributed by atoms with E-state index < -0.39 is 0 Å². The number of rotatable bonds is 3. The quantitative estimate of drug-likeness (QED) is 0.860. The highest BCUT2D eigenvalue weighted by Crippen LogP contribution is 2.31. The number of aliphatic hydroxyl groups is 1. The molecule has 1 aliphatic heterocycles. The largest absolute Gasteiger partial charge is 0.396 e. The van der Waals surface area contributed by atoms with Gasteiger partial charge in [0, 0.05) is 31.3 Å². The van der Waals surface area contributed by atoms with Gasteiger partial charge in [-0.25, -0.2) is 4.39 Å². The van der Waals surface area contributed by atoms with E-state index in [4.69, 9.17) is 0 Å². The van der Waals surface area contributed by atoms with Crippen LogP contribution in [0.3, 0.4) is 0 Å². The van der Waals surface area contributed by atoms with Crippen LogP contribution in [-0.2, 0) is 0 Å². The van der Waals surface area contributed by atoms with Crippen molar-refractivity contribution in [3.8, 4) is 0 Å². The van der Waals surface area contributed by atoms with Crippen molar-refractivity contribution in [3.63, 3.8) is 0 Å². The van der Waals surface area contributed by atoms with Crippen molar-refractivity contribution in [1.29, 1.82) is 0 Å². The number of piperazine rings is 1. The number of anilines is 1. The van der Waals surface area contributed by atoms with Crippen LogP contribution >= 0.6 is 0 Å². The van der Waals surface area contributed by atoms with Crippen LogP contribution < -0.4 is 10.2 Å². The minimum atomic E-state index is -0.199. The van der Waals surface area contributed by atoms with Crippen molar-refractivity contribution in [2.75, 3.05) is 24.6 Å². The Balaban J connectivity index is 2.37. The van der Waals surface area contributed by atoms with Crippen molar-refractivity contribution in [2.45, 2.75) is 31.8 Å². The first kappa shape index (κ1) is 13.3. The Labute approximate surface area is 108 Å². The summed E-state index contributed by atoms with van der Waals surface area (Å²) in [6.07, 6.45) is 0.644. The maximum absolute atomic E-state index is 14.0. The fourth-order valence-electron chi connectivity index (χ4n) is 2.77. The smallest absolute Gasteiger partial charge is 0.146 e. The predicted molar refractivity (Wildman–Crippen MR) is 71.3 cm³/mol. The second-order valence-electron chi connectivity index (χ2n) is 5.43. The van der Waals surface area contributed by atoms with Gasteiger partial charge in [-0.2, -0.15) is 0 Å². The molecule has 1 heterocycles. The molecule has 4 heteroatoms. The van der Waals surface area contributed by atoms with Crippen LogP contribution in [-0.4, -0.2) is 36.4 Å². The highest BCUT2D eigenvalue weighted by molar-refractivity contribution is 5.52. The first-order valence-corrected chi connectivity index (χ1v) is 6.42. The van der Waals surface area contributed by atoms with Crippen LogP contribution in [0.25, 0.3) is 0 Å². The standard InChI is InChI=1S/C14H21FN2O/c1-14(2)10-16-9-11(7-8-18)17(14)13-6-4-3-5-12(13)15/h3-6,11,16,18H,7-10H2,1-2H3. The Morgan fingerprint density at radius 2 is 2.17 bits per heavy atom. The zero-order chi connectivity index (χ0) is 13.2. The predicted octanol–water partition coefficient (Wildman–Crippen LogP) is 1.76. The van der Waals surface area contributed by atoms with Crippen molar-refractivity contribution >= 4 is 5.69 Å². The molecule has 18 heavy (non-hydrogen) atoms. The van der Waals surface area contributed by atoms with Gasteiger partial charge in [0.05, 0.1) is 5.69 Å². The summed E-state index contributed by atoms with van der Waals surface area (Å²) < 4.78 is 14.0. The molecule has 1 aromatic carbocycles. The summed E-state index contributed by atoms with van der Waals surface area (Å²) in [4.78, 5) is 2.11. The van der Waals surface area contributed by atoms with Gasteiger partial charge in [-0.15, -0.1) is 0 Å². The van der Waals surface area contributed by atoms with E-state index in [1.807, 2.05) is 12.1 Å². The molecular weight excluding hydrogens is 231 g/mol. The lowest BCUT2D eigenvalue weighted by Gasteiger charge is -2.49. The minimum absolute atomic E-state index is 0.118. The minimum Gasteiger partial charge on any atom is -0.396 e. The Morgan fingerprint density at radius 1 is 1.44 bits per heavy atom. The lowest BCUT2D eigenvalue weighted by Crippen LogP contribution is -2.63. The normalized spacial score (nSPS) is 23.1. The second kappa shape index (κ2) is 5.24. The number of nitrogens with zero attached hydrogens (tertiary/aromatic N) is 1. The fraction of sp³-hybridized carbons (Fsp3) is 0.571. The van der Waals surface area contributed by atoms with Gasteiger partial charge < -0.3 is 15.3 Å². The molecule has 1 saturated heterocycles. The summed E-state index contributed by atoms with van der Waals surface area (Å²) in [5.41, 5.74) is 0.461. The van der Waals surface area contributed by atoms with Gasteiger partial charge in [0.15, 0.2) is 0 Å². The molecule has 0 amide bonds. The van der Waals surface area contributed by atoms with Gasteiger partial charge in [0.2, 0.25) is 0 Å². The Kier molecular flexibility index (Phi) is 3.88. The summed E-state index contributed by atoms with van der Waals surface area (Å²) in [5.74, 6) is -0.199. The molecule has 0 radical (unpaired) electrons. The monoisotopic (exact) mass is 252 g/mol. The number of aliphatic hydroxyl groups excluding tert-OH is 1. The SMILES string of the molecule is CC1(C)CNCC(CCO)N1c1ccccc1F. The lowest BCUT2D eigenvalue weighted by atomic mass is 9.93. The van der Waals surface area contributed by atoms with Crippen LogP contribution in [0.1, 0.15) is 20.3 Å². The summed E-state index contributed by atoms with van der Waals surface area (Å²) in [6.45, 7) is 5.89. The first-order valence-electron chi connectivity index (χ1n) is 6.42. The Bertz CT molecular complexity index is 407.